The zero-order valence-corrected chi connectivity index (χ0v) is 12.0. The van der Waals surface area contributed by atoms with Crippen molar-refractivity contribution < 1.29 is 58.1 Å². The number of aliphatic hydroxyl groups excluding tert-OH is 1. The molecule has 22 heavy (non-hydrogen) atoms. The summed E-state index contributed by atoms with van der Waals surface area (Å²) in [6.45, 7) is -1.20. The van der Waals surface area contributed by atoms with Gasteiger partial charge in [0.05, 0.1) is 6.61 Å². The molecule has 0 aliphatic carbocycles. The average molecular weight is 470 g/mol. The van der Waals surface area contributed by atoms with Crippen LogP contribution < -0.4 is 0 Å². The van der Waals surface area contributed by atoms with Crippen molar-refractivity contribution in [3.63, 3.8) is 0 Å². The topological polar surface area (TPSA) is 29.5 Å². The van der Waals surface area contributed by atoms with Gasteiger partial charge in [0.2, 0.25) is 0 Å². The molecular weight excluding hydrogens is 464 g/mol. The first-order chi connectivity index (χ1) is 9.41. The maximum atomic E-state index is 13.5. The second kappa shape index (κ2) is 6.41. The molecule has 0 heterocycles. The van der Waals surface area contributed by atoms with Crippen molar-refractivity contribution in [2.24, 2.45) is 0 Å². The average Bonchev–Trinajstić information content (AvgIpc) is 2.24. The molecular formula is C8H6F11IO2. The first-order valence-corrected chi connectivity index (χ1v) is 6.19. The molecule has 0 aromatic rings. The number of rotatable bonds is 6. The summed E-state index contributed by atoms with van der Waals surface area (Å²) in [4.78, 5) is 0. The van der Waals surface area contributed by atoms with E-state index >= 15 is 0 Å². The van der Waals surface area contributed by atoms with E-state index in [1.807, 2.05) is 0 Å². The normalized spacial score (nSPS) is 19.0. The quantitative estimate of drug-likeness (QED) is 0.359. The number of halogens is 12. The molecule has 0 aliphatic rings. The Morgan fingerprint density at radius 1 is 0.818 bits per heavy atom. The third-order valence-corrected chi connectivity index (χ3v) is 2.95. The SMILES string of the molecule is OCC(I)CC(F)(OC(F)(F)C(F)(F)C(F)(F)F)C(F)(F)F. The van der Waals surface area contributed by atoms with Crippen LogP contribution in [-0.4, -0.2) is 45.9 Å². The van der Waals surface area contributed by atoms with E-state index in [2.05, 4.69) is 4.74 Å². The molecule has 0 aromatic heterocycles. The Balaban J connectivity index is 5.67. The Hall–Kier alpha value is -0.120. The van der Waals surface area contributed by atoms with Crippen molar-refractivity contribution >= 4 is 22.6 Å². The van der Waals surface area contributed by atoms with Gasteiger partial charge in [-0.15, -0.1) is 0 Å². The minimum absolute atomic E-state index is 0.935. The van der Waals surface area contributed by atoms with Crippen LogP contribution in [0.25, 0.3) is 0 Å². The van der Waals surface area contributed by atoms with Crippen molar-refractivity contribution in [2.75, 3.05) is 6.61 Å². The largest absolute Gasteiger partial charge is 0.462 e. The summed E-state index contributed by atoms with van der Waals surface area (Å²) in [5.41, 5.74) is 0. The van der Waals surface area contributed by atoms with E-state index in [1.165, 1.54) is 0 Å². The van der Waals surface area contributed by atoms with Crippen LogP contribution in [0.2, 0.25) is 0 Å². The molecule has 0 fully saturated rings. The fraction of sp³-hybridized carbons (Fsp3) is 1.00. The van der Waals surface area contributed by atoms with Gasteiger partial charge in [0.1, 0.15) is 0 Å². The Bertz CT molecular complexity index is 379. The lowest BCUT2D eigenvalue weighted by Crippen LogP contribution is -2.59. The maximum absolute atomic E-state index is 13.5. The summed E-state index contributed by atoms with van der Waals surface area (Å²) in [5.74, 6) is -12.6. The zero-order valence-electron chi connectivity index (χ0n) is 9.88. The lowest BCUT2D eigenvalue weighted by atomic mass is 10.1. The van der Waals surface area contributed by atoms with Gasteiger partial charge in [0.25, 0.3) is 0 Å². The van der Waals surface area contributed by atoms with E-state index in [1.54, 1.807) is 0 Å². The predicted octanol–water partition coefficient (Wildman–Crippen LogP) is 4.21. The van der Waals surface area contributed by atoms with Crippen molar-refractivity contribution in [1.82, 2.24) is 0 Å². The van der Waals surface area contributed by atoms with E-state index < -0.39 is 47.2 Å². The van der Waals surface area contributed by atoms with Gasteiger partial charge in [0.15, 0.2) is 0 Å². The van der Waals surface area contributed by atoms with E-state index in [0.717, 1.165) is 22.6 Å². The predicted molar refractivity (Wildman–Crippen MR) is 56.4 cm³/mol. The van der Waals surface area contributed by atoms with Gasteiger partial charge in [-0.05, 0) is 0 Å². The van der Waals surface area contributed by atoms with Gasteiger partial charge in [0, 0.05) is 10.3 Å². The Morgan fingerprint density at radius 3 is 1.50 bits per heavy atom. The molecule has 0 bridgehead atoms. The first-order valence-electron chi connectivity index (χ1n) is 4.94. The number of hydrogen-bond acceptors (Lipinski definition) is 2. The summed E-state index contributed by atoms with van der Waals surface area (Å²) in [6.07, 6.45) is -22.3. The summed E-state index contributed by atoms with van der Waals surface area (Å²) in [7, 11) is 0. The number of hydrogen-bond donors (Lipinski definition) is 1. The van der Waals surface area contributed by atoms with Gasteiger partial charge < -0.3 is 5.11 Å². The summed E-state index contributed by atoms with van der Waals surface area (Å²) in [5, 5.41) is 8.44. The molecule has 2 atom stereocenters. The Morgan fingerprint density at radius 2 is 1.23 bits per heavy atom. The van der Waals surface area contributed by atoms with Gasteiger partial charge in [-0.25, -0.2) is 4.39 Å². The molecule has 0 aliphatic heterocycles. The smallest absolute Gasteiger partial charge is 0.395 e. The zero-order chi connectivity index (χ0) is 18.2. The van der Waals surface area contributed by atoms with Crippen molar-refractivity contribution in [2.45, 2.75) is 40.6 Å². The molecule has 0 saturated carbocycles. The third-order valence-electron chi connectivity index (χ3n) is 2.12. The van der Waals surface area contributed by atoms with E-state index in [0.29, 0.717) is 0 Å². The van der Waals surface area contributed by atoms with E-state index in [9.17, 15) is 48.3 Å². The molecule has 0 spiro atoms. The summed E-state index contributed by atoms with van der Waals surface area (Å²) < 4.78 is 137. The van der Waals surface area contributed by atoms with Crippen LogP contribution in [0.3, 0.4) is 0 Å². The van der Waals surface area contributed by atoms with E-state index in [4.69, 9.17) is 5.11 Å². The van der Waals surface area contributed by atoms with Crippen LogP contribution in [0.5, 0.6) is 0 Å². The molecule has 0 amide bonds. The molecule has 0 saturated heterocycles. The van der Waals surface area contributed by atoms with Gasteiger partial charge in [-0.2, -0.15) is 43.9 Å². The standard InChI is InChI=1S/C8H6F11IO2/c9-4(6(12,13)14,1-3(20)2-21)22-8(18,19)5(10,11)7(15,16)17/h3,21H,1-2H2. The highest BCUT2D eigenvalue weighted by Gasteiger charge is 2.78. The van der Waals surface area contributed by atoms with Crippen LogP contribution >= 0.6 is 22.6 Å². The van der Waals surface area contributed by atoms with Gasteiger partial charge >= 0.3 is 30.2 Å². The van der Waals surface area contributed by atoms with Crippen molar-refractivity contribution in [3.8, 4) is 0 Å². The highest BCUT2D eigenvalue weighted by Crippen LogP contribution is 2.52. The summed E-state index contributed by atoms with van der Waals surface area (Å²) >= 11 is 0.935. The minimum atomic E-state index is -7.07. The van der Waals surface area contributed by atoms with Crippen LogP contribution in [0.4, 0.5) is 48.3 Å². The lowest BCUT2D eigenvalue weighted by Gasteiger charge is -2.35. The molecule has 0 aromatic carbocycles. The maximum Gasteiger partial charge on any atom is 0.462 e. The molecule has 1 N–H and O–H groups in total. The van der Waals surface area contributed by atoms with Crippen molar-refractivity contribution in [3.05, 3.63) is 0 Å². The Kier molecular flexibility index (Phi) is 6.38. The molecule has 14 heteroatoms. The van der Waals surface area contributed by atoms with Gasteiger partial charge in [-0.1, -0.05) is 22.6 Å². The second-order valence-electron chi connectivity index (χ2n) is 3.90. The molecule has 0 radical (unpaired) electrons. The highest BCUT2D eigenvalue weighted by atomic mass is 127. The number of alkyl halides is 12. The fourth-order valence-corrected chi connectivity index (χ4v) is 1.56. The number of aliphatic hydroxyl groups is 1. The second-order valence-corrected chi connectivity index (χ2v) is 5.66. The fourth-order valence-electron chi connectivity index (χ4n) is 0.997. The van der Waals surface area contributed by atoms with Crippen LogP contribution in [-0.2, 0) is 4.74 Å². The molecule has 2 unspecified atom stereocenters. The number of ether oxygens (including phenoxy) is 1. The monoisotopic (exact) mass is 470 g/mol. The van der Waals surface area contributed by atoms with E-state index in [-0.39, 0.29) is 0 Å². The molecule has 0 rings (SSSR count). The minimum Gasteiger partial charge on any atom is -0.395 e. The summed E-state index contributed by atoms with van der Waals surface area (Å²) in [6, 6.07) is 0. The molecule has 134 valence electrons. The van der Waals surface area contributed by atoms with Crippen LogP contribution in [0.15, 0.2) is 0 Å². The lowest BCUT2D eigenvalue weighted by molar-refractivity contribution is -0.483. The first kappa shape index (κ1) is 21.9. The molecule has 2 nitrogen and oxygen atoms in total. The Labute approximate surface area is 128 Å². The van der Waals surface area contributed by atoms with Crippen LogP contribution in [0.1, 0.15) is 6.42 Å². The highest BCUT2D eigenvalue weighted by molar-refractivity contribution is 14.1. The van der Waals surface area contributed by atoms with Gasteiger partial charge in [-0.3, -0.25) is 4.74 Å². The van der Waals surface area contributed by atoms with Crippen LogP contribution in [0, 0.1) is 0 Å². The van der Waals surface area contributed by atoms with Crippen molar-refractivity contribution in [1.29, 1.82) is 0 Å². The third kappa shape index (κ3) is 4.46.